The average Bonchev–Trinajstić information content (AvgIpc) is 3.25. The molecular weight excluding hydrogens is 796 g/mol. The molecule has 0 saturated carbocycles. The summed E-state index contributed by atoms with van der Waals surface area (Å²) in [5, 5.41) is 24.2. The van der Waals surface area contributed by atoms with E-state index < -0.39 is 38.6 Å². The van der Waals surface area contributed by atoms with Crippen LogP contribution in [0.1, 0.15) is 251 Å². The maximum absolute atomic E-state index is 12.9. The van der Waals surface area contributed by atoms with E-state index in [1.54, 1.807) is 6.08 Å². The van der Waals surface area contributed by atoms with Gasteiger partial charge in [-0.25, -0.2) is 4.57 Å². The molecule has 0 aliphatic carbocycles. The van der Waals surface area contributed by atoms with Gasteiger partial charge in [0, 0.05) is 6.54 Å². The highest BCUT2D eigenvalue weighted by Crippen LogP contribution is 2.43. The second-order valence-electron chi connectivity index (χ2n) is 17.9. The van der Waals surface area contributed by atoms with E-state index in [4.69, 9.17) is 14.8 Å². The first kappa shape index (κ1) is 60.7. The SMILES string of the molecule is CCCCCCCCCCCC/C=C/CC/C=C/CC/C=C/C(O)C(COP(=O)(O)OCCN)NC(=O)CC(O)CCCCCCCCCCCCCCCCCCCCCC. The van der Waals surface area contributed by atoms with Crippen LogP contribution in [0, 0.1) is 0 Å². The number of allylic oxidation sites excluding steroid dienone is 5. The van der Waals surface area contributed by atoms with Gasteiger partial charge in [0.2, 0.25) is 5.91 Å². The van der Waals surface area contributed by atoms with Gasteiger partial charge in [0.15, 0.2) is 0 Å². The zero-order valence-corrected chi connectivity index (χ0v) is 41.4. The summed E-state index contributed by atoms with van der Waals surface area (Å²) in [5.74, 6) is -0.456. The Hall–Kier alpha value is -1.32. The second-order valence-corrected chi connectivity index (χ2v) is 19.4. The fourth-order valence-electron chi connectivity index (χ4n) is 7.80. The van der Waals surface area contributed by atoms with Crippen molar-refractivity contribution >= 4 is 13.7 Å². The molecule has 4 unspecified atom stereocenters. The summed E-state index contributed by atoms with van der Waals surface area (Å²) in [6.07, 6.45) is 55.3. The van der Waals surface area contributed by atoms with Crippen LogP contribution in [0.25, 0.3) is 0 Å². The molecule has 10 heteroatoms. The lowest BCUT2D eigenvalue weighted by molar-refractivity contribution is -0.124. The van der Waals surface area contributed by atoms with E-state index in [-0.39, 0.29) is 19.6 Å². The molecule has 0 radical (unpaired) electrons. The van der Waals surface area contributed by atoms with Gasteiger partial charge in [-0.15, -0.1) is 0 Å². The highest BCUT2D eigenvalue weighted by Gasteiger charge is 2.27. The minimum absolute atomic E-state index is 0.0431. The second kappa shape index (κ2) is 47.6. The number of aliphatic hydroxyl groups excluding tert-OH is 2. The van der Waals surface area contributed by atoms with E-state index in [0.717, 1.165) is 44.9 Å². The maximum Gasteiger partial charge on any atom is 0.472 e. The Kier molecular flexibility index (Phi) is 46.6. The van der Waals surface area contributed by atoms with E-state index in [2.05, 4.69) is 43.5 Å². The maximum atomic E-state index is 12.9. The lowest BCUT2D eigenvalue weighted by Crippen LogP contribution is -2.46. The van der Waals surface area contributed by atoms with E-state index in [0.29, 0.717) is 12.8 Å². The quantitative estimate of drug-likeness (QED) is 0.0230. The summed E-state index contributed by atoms with van der Waals surface area (Å²) >= 11 is 0. The van der Waals surface area contributed by atoms with Crippen LogP contribution >= 0.6 is 7.82 Å². The predicted molar refractivity (Wildman–Crippen MR) is 264 cm³/mol. The number of hydrogen-bond donors (Lipinski definition) is 5. The van der Waals surface area contributed by atoms with Gasteiger partial charge in [-0.2, -0.15) is 0 Å². The number of carbonyl (C=O) groups excluding carboxylic acids is 1. The summed E-state index contributed by atoms with van der Waals surface area (Å²) in [6, 6.07) is -1.00. The number of nitrogens with two attached hydrogens (primary N) is 1. The summed E-state index contributed by atoms with van der Waals surface area (Å²) < 4.78 is 22.2. The van der Waals surface area contributed by atoms with Crippen molar-refractivity contribution in [1.82, 2.24) is 5.32 Å². The highest BCUT2D eigenvalue weighted by atomic mass is 31.2. The molecule has 0 fully saturated rings. The standard InChI is InChI=1S/C52H101N2O7P/c1-3-5-7-9-11-13-15-17-19-21-23-25-27-29-31-33-35-37-39-41-43-49(55)47-52(57)54-50(48-61-62(58,59)60-46-45-53)51(56)44-42-40-38-36-34-32-30-28-26-24-22-20-18-16-14-12-10-8-6-4-2/h26,28,34,36,42,44,49-51,55-56H,3-25,27,29-33,35,37-41,43,45-48,53H2,1-2H3,(H,54,57)(H,58,59)/b28-26+,36-34+,44-42+. The third-order valence-electron chi connectivity index (χ3n) is 11.8. The van der Waals surface area contributed by atoms with E-state index in [9.17, 15) is 24.5 Å². The minimum atomic E-state index is -4.42. The van der Waals surface area contributed by atoms with Gasteiger partial charge in [-0.1, -0.05) is 237 Å². The monoisotopic (exact) mass is 897 g/mol. The van der Waals surface area contributed by atoms with Crippen molar-refractivity contribution in [3.63, 3.8) is 0 Å². The molecule has 0 saturated heterocycles. The van der Waals surface area contributed by atoms with Crippen molar-refractivity contribution in [1.29, 1.82) is 0 Å². The third-order valence-corrected chi connectivity index (χ3v) is 12.7. The summed E-state index contributed by atoms with van der Waals surface area (Å²) in [7, 11) is -4.42. The van der Waals surface area contributed by atoms with Crippen LogP contribution in [-0.4, -0.2) is 59.0 Å². The topological polar surface area (TPSA) is 151 Å². The molecule has 0 aromatic carbocycles. The molecule has 0 heterocycles. The molecule has 9 nitrogen and oxygen atoms in total. The Bertz CT molecular complexity index is 1090. The molecule has 0 aromatic heterocycles. The number of amides is 1. The lowest BCUT2D eigenvalue weighted by Gasteiger charge is -2.24. The molecule has 4 atom stereocenters. The Balaban J connectivity index is 4.23. The Morgan fingerprint density at radius 2 is 0.919 bits per heavy atom. The average molecular weight is 897 g/mol. The van der Waals surface area contributed by atoms with Crippen molar-refractivity contribution in [3.05, 3.63) is 36.5 Å². The number of phosphoric ester groups is 1. The van der Waals surface area contributed by atoms with Crippen LogP contribution in [0.15, 0.2) is 36.5 Å². The van der Waals surface area contributed by atoms with E-state index >= 15 is 0 Å². The summed E-state index contributed by atoms with van der Waals surface area (Å²) in [5.41, 5.74) is 5.38. The smallest absolute Gasteiger partial charge is 0.393 e. The largest absolute Gasteiger partial charge is 0.472 e. The van der Waals surface area contributed by atoms with Crippen molar-refractivity contribution in [2.45, 2.75) is 270 Å². The molecule has 0 aliphatic rings. The zero-order valence-electron chi connectivity index (χ0n) is 40.5. The Labute approximate surface area is 382 Å². The molecule has 0 aliphatic heterocycles. The molecule has 6 N–H and O–H groups in total. The number of aliphatic hydroxyl groups is 2. The van der Waals surface area contributed by atoms with Crippen LogP contribution in [-0.2, 0) is 18.4 Å². The first-order valence-corrected chi connectivity index (χ1v) is 27.7. The summed E-state index contributed by atoms with van der Waals surface area (Å²) in [4.78, 5) is 22.9. The van der Waals surface area contributed by atoms with Gasteiger partial charge in [0.05, 0.1) is 37.9 Å². The van der Waals surface area contributed by atoms with Crippen molar-refractivity contribution < 1.29 is 33.5 Å². The number of nitrogens with one attached hydrogen (secondary N) is 1. The first-order valence-electron chi connectivity index (χ1n) is 26.2. The summed E-state index contributed by atoms with van der Waals surface area (Å²) in [6.45, 7) is 3.98. The lowest BCUT2D eigenvalue weighted by atomic mass is 10.0. The molecule has 62 heavy (non-hydrogen) atoms. The van der Waals surface area contributed by atoms with Crippen LogP contribution in [0.5, 0.6) is 0 Å². The van der Waals surface area contributed by atoms with Gasteiger partial charge in [-0.05, 0) is 44.9 Å². The molecule has 366 valence electrons. The van der Waals surface area contributed by atoms with Crippen LogP contribution in [0.2, 0.25) is 0 Å². The number of phosphoric acid groups is 1. The first-order chi connectivity index (χ1) is 30.3. The molecular formula is C52H101N2O7P. The molecule has 0 aromatic rings. The van der Waals surface area contributed by atoms with Crippen LogP contribution in [0.3, 0.4) is 0 Å². The molecule has 0 bridgehead atoms. The fraction of sp³-hybridized carbons (Fsp3) is 0.865. The van der Waals surface area contributed by atoms with E-state index in [1.165, 1.54) is 173 Å². The highest BCUT2D eigenvalue weighted by molar-refractivity contribution is 7.47. The van der Waals surface area contributed by atoms with Gasteiger partial charge < -0.3 is 26.2 Å². The molecule has 0 spiro atoms. The fourth-order valence-corrected chi connectivity index (χ4v) is 8.56. The Morgan fingerprint density at radius 3 is 1.34 bits per heavy atom. The predicted octanol–water partition coefficient (Wildman–Crippen LogP) is 14.4. The molecule has 1 amide bonds. The number of rotatable bonds is 49. The van der Waals surface area contributed by atoms with Crippen LogP contribution in [0.4, 0.5) is 0 Å². The van der Waals surface area contributed by atoms with Gasteiger partial charge in [0.1, 0.15) is 0 Å². The zero-order chi connectivity index (χ0) is 45.5. The Morgan fingerprint density at radius 1 is 0.548 bits per heavy atom. The van der Waals surface area contributed by atoms with Crippen molar-refractivity contribution in [2.75, 3.05) is 19.8 Å². The number of carbonyl (C=O) groups is 1. The van der Waals surface area contributed by atoms with Gasteiger partial charge >= 0.3 is 7.82 Å². The normalized spacial score (nSPS) is 14.6. The van der Waals surface area contributed by atoms with Crippen molar-refractivity contribution in [3.8, 4) is 0 Å². The minimum Gasteiger partial charge on any atom is -0.393 e. The number of unbranched alkanes of at least 4 members (excludes halogenated alkanes) is 31. The molecule has 0 rings (SSSR count). The van der Waals surface area contributed by atoms with Crippen LogP contribution < -0.4 is 11.1 Å². The van der Waals surface area contributed by atoms with Gasteiger partial charge in [0.25, 0.3) is 0 Å². The van der Waals surface area contributed by atoms with Gasteiger partial charge in [-0.3, -0.25) is 13.8 Å². The number of hydrogen-bond acceptors (Lipinski definition) is 7. The van der Waals surface area contributed by atoms with E-state index in [1.807, 2.05) is 6.08 Å². The van der Waals surface area contributed by atoms with Crippen molar-refractivity contribution in [2.24, 2.45) is 5.73 Å². The third kappa shape index (κ3) is 45.3.